The molecule has 0 aromatic rings. The molecular weight excluding hydrogens is 176 g/mol. The molecule has 0 rings (SSSR count). The van der Waals surface area contributed by atoms with Crippen molar-refractivity contribution in [2.75, 3.05) is 5.75 Å². The Bertz CT molecular complexity index is 96.1. The van der Waals surface area contributed by atoms with Gasteiger partial charge in [-0.05, 0) is 25.0 Å². The molecular formula is C8H16OS2. The van der Waals surface area contributed by atoms with Gasteiger partial charge in [0.1, 0.15) is 6.29 Å². The normalized spacial score (nSPS) is 12.9. The van der Waals surface area contributed by atoms with Crippen molar-refractivity contribution in [1.29, 1.82) is 0 Å². The Morgan fingerprint density at radius 3 is 2.55 bits per heavy atom. The highest BCUT2D eigenvalue weighted by Crippen LogP contribution is 2.11. The monoisotopic (exact) mass is 192 g/mol. The first-order valence-electron chi connectivity index (χ1n) is 4.03. The summed E-state index contributed by atoms with van der Waals surface area (Å²) < 4.78 is 0. The number of rotatable bonds is 7. The molecule has 0 fully saturated rings. The van der Waals surface area contributed by atoms with Crippen LogP contribution in [0.25, 0.3) is 0 Å². The maximum absolute atomic E-state index is 9.94. The number of aldehydes is 1. The molecule has 0 saturated carbocycles. The molecule has 66 valence electrons. The van der Waals surface area contributed by atoms with Gasteiger partial charge >= 0.3 is 0 Å². The Labute approximate surface area is 79.8 Å². The largest absolute Gasteiger partial charge is 0.303 e. The van der Waals surface area contributed by atoms with Crippen molar-refractivity contribution in [2.24, 2.45) is 0 Å². The van der Waals surface area contributed by atoms with E-state index in [1.165, 1.54) is 0 Å². The molecule has 0 saturated heterocycles. The Kier molecular flexibility index (Phi) is 8.75. The van der Waals surface area contributed by atoms with Gasteiger partial charge in [0.25, 0.3) is 0 Å². The second kappa shape index (κ2) is 8.47. The topological polar surface area (TPSA) is 17.1 Å². The molecule has 1 atom stereocenters. The first-order valence-corrected chi connectivity index (χ1v) is 5.18. The van der Waals surface area contributed by atoms with Crippen LogP contribution in [0.2, 0.25) is 0 Å². The van der Waals surface area contributed by atoms with Crippen LogP contribution in [0, 0.1) is 0 Å². The van der Waals surface area contributed by atoms with E-state index in [9.17, 15) is 4.79 Å². The summed E-state index contributed by atoms with van der Waals surface area (Å²) in [6.45, 7) is 0. The minimum atomic E-state index is 0.471. The summed E-state index contributed by atoms with van der Waals surface area (Å²) in [6, 6.07) is 0. The zero-order valence-corrected chi connectivity index (χ0v) is 8.49. The predicted molar refractivity (Wildman–Crippen MR) is 55.8 cm³/mol. The Hall–Kier alpha value is 0.370. The van der Waals surface area contributed by atoms with Crippen molar-refractivity contribution in [3.8, 4) is 0 Å². The van der Waals surface area contributed by atoms with Gasteiger partial charge in [-0.2, -0.15) is 25.3 Å². The van der Waals surface area contributed by atoms with E-state index >= 15 is 0 Å². The molecule has 1 nitrogen and oxygen atoms in total. The average molecular weight is 192 g/mol. The molecule has 0 aromatic carbocycles. The lowest BCUT2D eigenvalue weighted by molar-refractivity contribution is -0.107. The van der Waals surface area contributed by atoms with Crippen LogP contribution in [0.4, 0.5) is 0 Å². The van der Waals surface area contributed by atoms with Gasteiger partial charge in [0, 0.05) is 11.7 Å². The molecule has 0 aromatic heterocycles. The highest BCUT2D eigenvalue weighted by atomic mass is 32.1. The lowest BCUT2D eigenvalue weighted by atomic mass is 10.1. The zero-order valence-electron chi connectivity index (χ0n) is 6.70. The van der Waals surface area contributed by atoms with Gasteiger partial charge in [-0.25, -0.2) is 0 Å². The van der Waals surface area contributed by atoms with E-state index in [-0.39, 0.29) is 0 Å². The van der Waals surface area contributed by atoms with Gasteiger partial charge < -0.3 is 4.79 Å². The lowest BCUT2D eigenvalue weighted by Crippen LogP contribution is -1.99. The van der Waals surface area contributed by atoms with Crippen LogP contribution in [0.3, 0.4) is 0 Å². The number of carbonyl (C=O) groups is 1. The van der Waals surface area contributed by atoms with E-state index in [0.717, 1.165) is 37.7 Å². The maximum Gasteiger partial charge on any atom is 0.119 e. The minimum Gasteiger partial charge on any atom is -0.303 e. The molecule has 0 spiro atoms. The summed E-state index contributed by atoms with van der Waals surface area (Å²) in [5.41, 5.74) is 0. The second-order valence-electron chi connectivity index (χ2n) is 2.62. The van der Waals surface area contributed by atoms with Gasteiger partial charge in [0.05, 0.1) is 0 Å². The molecule has 0 aliphatic carbocycles. The van der Waals surface area contributed by atoms with Gasteiger partial charge in [-0.3, -0.25) is 0 Å². The second-order valence-corrected chi connectivity index (χ2v) is 3.79. The Balaban J connectivity index is 3.03. The summed E-state index contributed by atoms with van der Waals surface area (Å²) >= 11 is 8.49. The zero-order chi connectivity index (χ0) is 8.53. The van der Waals surface area contributed by atoms with Gasteiger partial charge in [0.15, 0.2) is 0 Å². The molecule has 0 amide bonds. The number of carbonyl (C=O) groups excluding carboxylic acids is 1. The van der Waals surface area contributed by atoms with Crippen molar-refractivity contribution in [1.82, 2.24) is 0 Å². The summed E-state index contributed by atoms with van der Waals surface area (Å²) in [5, 5.41) is 0.471. The SMILES string of the molecule is O=CCCCCC(S)CCS. The standard InChI is InChI=1S/C8H16OS2/c9-6-3-1-2-4-8(11)5-7-10/h6,8,10-11H,1-5,7H2. The molecule has 0 bridgehead atoms. The third kappa shape index (κ3) is 8.27. The Morgan fingerprint density at radius 1 is 1.27 bits per heavy atom. The number of hydrogen-bond donors (Lipinski definition) is 2. The third-order valence-electron chi connectivity index (χ3n) is 1.57. The van der Waals surface area contributed by atoms with Gasteiger partial charge in [0.2, 0.25) is 0 Å². The number of hydrogen-bond acceptors (Lipinski definition) is 3. The fraction of sp³-hybridized carbons (Fsp3) is 0.875. The fourth-order valence-corrected chi connectivity index (χ4v) is 1.73. The summed E-state index contributed by atoms with van der Waals surface area (Å²) in [4.78, 5) is 9.94. The van der Waals surface area contributed by atoms with Crippen LogP contribution in [0.1, 0.15) is 32.1 Å². The molecule has 0 aliphatic rings. The number of unbranched alkanes of at least 4 members (excludes halogenated alkanes) is 2. The van der Waals surface area contributed by atoms with Crippen molar-refractivity contribution < 1.29 is 4.79 Å². The van der Waals surface area contributed by atoms with Crippen LogP contribution >= 0.6 is 25.3 Å². The van der Waals surface area contributed by atoms with Crippen LogP contribution in [0.15, 0.2) is 0 Å². The van der Waals surface area contributed by atoms with Crippen LogP contribution in [-0.2, 0) is 4.79 Å². The Morgan fingerprint density at radius 2 is 2.00 bits per heavy atom. The van der Waals surface area contributed by atoms with Crippen molar-refractivity contribution in [3.05, 3.63) is 0 Å². The summed E-state index contributed by atoms with van der Waals surface area (Å²) in [7, 11) is 0. The van der Waals surface area contributed by atoms with Crippen molar-refractivity contribution in [3.63, 3.8) is 0 Å². The maximum atomic E-state index is 9.94. The first-order chi connectivity index (χ1) is 5.31. The van der Waals surface area contributed by atoms with E-state index in [4.69, 9.17) is 0 Å². The number of thiol groups is 2. The third-order valence-corrected chi connectivity index (χ3v) is 2.35. The highest BCUT2D eigenvalue weighted by Gasteiger charge is 2.00. The van der Waals surface area contributed by atoms with E-state index in [1.807, 2.05) is 0 Å². The van der Waals surface area contributed by atoms with Crippen molar-refractivity contribution in [2.45, 2.75) is 37.4 Å². The molecule has 3 heteroatoms. The van der Waals surface area contributed by atoms with E-state index in [2.05, 4.69) is 25.3 Å². The molecule has 0 heterocycles. The van der Waals surface area contributed by atoms with Crippen LogP contribution < -0.4 is 0 Å². The van der Waals surface area contributed by atoms with E-state index in [0.29, 0.717) is 11.7 Å². The highest BCUT2D eigenvalue weighted by molar-refractivity contribution is 7.81. The lowest BCUT2D eigenvalue weighted by Gasteiger charge is -2.06. The summed E-state index contributed by atoms with van der Waals surface area (Å²) in [6.07, 6.45) is 5.96. The molecule has 0 N–H and O–H groups in total. The van der Waals surface area contributed by atoms with Gasteiger partial charge in [-0.15, -0.1) is 0 Å². The molecule has 1 unspecified atom stereocenters. The van der Waals surface area contributed by atoms with Crippen molar-refractivity contribution >= 4 is 31.5 Å². The van der Waals surface area contributed by atoms with Crippen LogP contribution in [0.5, 0.6) is 0 Å². The first kappa shape index (κ1) is 11.4. The minimum absolute atomic E-state index is 0.471. The van der Waals surface area contributed by atoms with E-state index in [1.54, 1.807) is 0 Å². The predicted octanol–water partition coefficient (Wildman–Crippen LogP) is 2.36. The van der Waals surface area contributed by atoms with E-state index < -0.39 is 0 Å². The fourth-order valence-electron chi connectivity index (χ4n) is 0.901. The quantitative estimate of drug-likeness (QED) is 0.360. The van der Waals surface area contributed by atoms with Crippen LogP contribution in [-0.4, -0.2) is 17.3 Å². The smallest absolute Gasteiger partial charge is 0.119 e. The van der Waals surface area contributed by atoms with Gasteiger partial charge in [-0.1, -0.05) is 6.42 Å². The molecule has 0 radical (unpaired) electrons. The molecule has 11 heavy (non-hydrogen) atoms. The average Bonchev–Trinajstić information content (AvgIpc) is 1.99. The summed E-state index contributed by atoms with van der Waals surface area (Å²) in [5.74, 6) is 0.905. The molecule has 0 aliphatic heterocycles.